The third-order valence-corrected chi connectivity index (χ3v) is 3.96. The topological polar surface area (TPSA) is 76.2 Å². The molecule has 1 fully saturated rings. The molecule has 1 saturated heterocycles. The highest BCUT2D eigenvalue weighted by atomic mass is 16.6. The van der Waals surface area contributed by atoms with Crippen molar-refractivity contribution >= 4 is 11.5 Å². The summed E-state index contributed by atoms with van der Waals surface area (Å²) >= 11 is 0. The third kappa shape index (κ3) is 2.92. The number of hydrogen-bond acceptors (Lipinski definition) is 5. The van der Waals surface area contributed by atoms with Gasteiger partial charge < -0.3 is 10.2 Å². The second-order valence-electron chi connectivity index (χ2n) is 5.37. The zero-order valence-electron chi connectivity index (χ0n) is 12.4. The van der Waals surface area contributed by atoms with Crippen LogP contribution in [0.15, 0.2) is 0 Å². The van der Waals surface area contributed by atoms with Gasteiger partial charge in [0.25, 0.3) is 0 Å². The molecule has 0 bridgehead atoms. The van der Waals surface area contributed by atoms with Crippen LogP contribution >= 0.6 is 0 Å². The highest BCUT2D eigenvalue weighted by Gasteiger charge is 2.29. The van der Waals surface area contributed by atoms with Gasteiger partial charge >= 0.3 is 5.69 Å². The van der Waals surface area contributed by atoms with E-state index in [9.17, 15) is 10.1 Å². The fraction of sp³-hybridized carbons (Fsp3) is 0.769. The number of hydrogen-bond donors (Lipinski definition) is 1. The van der Waals surface area contributed by atoms with Gasteiger partial charge in [-0.15, -0.1) is 0 Å². The van der Waals surface area contributed by atoms with E-state index >= 15 is 0 Å². The Hall–Kier alpha value is -1.63. The van der Waals surface area contributed by atoms with Crippen molar-refractivity contribution < 1.29 is 4.92 Å². The monoisotopic (exact) mass is 281 g/mol. The molecule has 0 aromatic carbocycles. The molecule has 7 heteroatoms. The molecular weight excluding hydrogens is 258 g/mol. The van der Waals surface area contributed by atoms with Crippen molar-refractivity contribution in [2.24, 2.45) is 13.0 Å². The molecule has 1 N–H and O–H groups in total. The number of rotatable bonds is 5. The number of nitro groups is 1. The molecule has 1 aliphatic heterocycles. The van der Waals surface area contributed by atoms with Crippen LogP contribution in [0.5, 0.6) is 0 Å². The largest absolute Gasteiger partial charge is 0.351 e. The second-order valence-corrected chi connectivity index (χ2v) is 5.37. The molecule has 112 valence electrons. The lowest BCUT2D eigenvalue weighted by Crippen LogP contribution is -2.37. The lowest BCUT2D eigenvalue weighted by atomic mass is 9.97. The van der Waals surface area contributed by atoms with E-state index in [-0.39, 0.29) is 10.6 Å². The first kappa shape index (κ1) is 14.8. The second kappa shape index (κ2) is 6.21. The summed E-state index contributed by atoms with van der Waals surface area (Å²) in [6, 6.07) is 0. The first-order valence-corrected chi connectivity index (χ1v) is 7.18. The molecule has 0 aliphatic carbocycles. The minimum absolute atomic E-state index is 0.142. The maximum atomic E-state index is 11.3. The highest BCUT2D eigenvalue weighted by Crippen LogP contribution is 2.31. The van der Waals surface area contributed by atoms with Crippen molar-refractivity contribution in [2.45, 2.75) is 26.7 Å². The molecule has 1 aromatic heterocycles. The van der Waals surface area contributed by atoms with Crippen LogP contribution in [-0.4, -0.2) is 40.9 Å². The fourth-order valence-corrected chi connectivity index (χ4v) is 2.94. The van der Waals surface area contributed by atoms with Crippen LogP contribution in [0.25, 0.3) is 0 Å². The minimum Gasteiger partial charge on any atom is -0.351 e. The highest BCUT2D eigenvalue weighted by molar-refractivity contribution is 5.61. The summed E-state index contributed by atoms with van der Waals surface area (Å²) in [6.45, 7) is 7.42. The number of nitrogens with zero attached hydrogens (tertiary/aromatic N) is 4. The molecule has 0 spiro atoms. The Kier molecular flexibility index (Phi) is 4.59. The number of aromatic nitrogens is 2. The van der Waals surface area contributed by atoms with Crippen LogP contribution in [0.2, 0.25) is 0 Å². The van der Waals surface area contributed by atoms with Crippen LogP contribution in [0.4, 0.5) is 11.5 Å². The standard InChI is InChI=1S/C13H23N5O2/c1-4-17(9-11-5-7-14-8-6-11)13-12(18(19)20)10(2)15-16(13)3/h11,14H,4-9H2,1-3H3. The summed E-state index contributed by atoms with van der Waals surface area (Å²) in [7, 11) is 1.78. The normalized spacial score (nSPS) is 16.4. The molecule has 0 amide bonds. The van der Waals surface area contributed by atoms with Gasteiger partial charge in [-0.25, -0.2) is 4.68 Å². The Morgan fingerprint density at radius 2 is 2.15 bits per heavy atom. The molecule has 0 saturated carbocycles. The minimum atomic E-state index is -0.317. The van der Waals surface area contributed by atoms with E-state index in [2.05, 4.69) is 15.3 Å². The molecule has 0 unspecified atom stereocenters. The Morgan fingerprint density at radius 3 is 2.70 bits per heavy atom. The van der Waals surface area contributed by atoms with Gasteiger partial charge in [0.15, 0.2) is 0 Å². The average molecular weight is 281 g/mol. The lowest BCUT2D eigenvalue weighted by molar-refractivity contribution is -0.384. The van der Waals surface area contributed by atoms with E-state index in [1.807, 2.05) is 6.92 Å². The van der Waals surface area contributed by atoms with Crippen LogP contribution in [0, 0.1) is 23.0 Å². The number of anilines is 1. The van der Waals surface area contributed by atoms with Crippen molar-refractivity contribution in [3.8, 4) is 0 Å². The number of piperidine rings is 1. The van der Waals surface area contributed by atoms with E-state index in [1.54, 1.807) is 18.7 Å². The molecule has 1 aliphatic rings. The summed E-state index contributed by atoms with van der Waals surface area (Å²) < 4.78 is 1.64. The summed E-state index contributed by atoms with van der Waals surface area (Å²) in [4.78, 5) is 13.1. The average Bonchev–Trinajstić information content (AvgIpc) is 2.72. The maximum absolute atomic E-state index is 11.3. The quantitative estimate of drug-likeness (QED) is 0.653. The van der Waals surface area contributed by atoms with Crippen molar-refractivity contribution in [3.05, 3.63) is 15.8 Å². The van der Waals surface area contributed by atoms with Gasteiger partial charge in [-0.05, 0) is 45.7 Å². The van der Waals surface area contributed by atoms with Crippen LogP contribution in [0.3, 0.4) is 0 Å². The van der Waals surface area contributed by atoms with Crippen LogP contribution in [-0.2, 0) is 7.05 Å². The molecule has 0 radical (unpaired) electrons. The van der Waals surface area contributed by atoms with Crippen molar-refractivity contribution in [2.75, 3.05) is 31.1 Å². The molecule has 1 aromatic rings. The van der Waals surface area contributed by atoms with Gasteiger partial charge in [0.05, 0.1) is 4.92 Å². The molecule has 0 atom stereocenters. The van der Waals surface area contributed by atoms with Crippen LogP contribution < -0.4 is 10.2 Å². The summed E-state index contributed by atoms with van der Waals surface area (Å²) in [5.41, 5.74) is 0.625. The smallest absolute Gasteiger partial charge is 0.333 e. The van der Waals surface area contributed by atoms with Crippen LogP contribution in [0.1, 0.15) is 25.5 Å². The van der Waals surface area contributed by atoms with Gasteiger partial charge in [0, 0.05) is 20.1 Å². The summed E-state index contributed by atoms with van der Waals surface area (Å²) in [6.07, 6.45) is 2.25. The predicted octanol–water partition coefficient (Wildman–Crippen LogP) is 1.46. The number of aryl methyl sites for hydroxylation is 2. The predicted molar refractivity (Wildman–Crippen MR) is 78.1 cm³/mol. The van der Waals surface area contributed by atoms with E-state index in [0.29, 0.717) is 17.4 Å². The van der Waals surface area contributed by atoms with Gasteiger partial charge in [0.1, 0.15) is 5.69 Å². The van der Waals surface area contributed by atoms with E-state index in [1.165, 1.54) is 0 Å². The number of nitrogens with one attached hydrogen (secondary N) is 1. The summed E-state index contributed by atoms with van der Waals surface area (Å²) in [5, 5.41) is 18.8. The zero-order chi connectivity index (χ0) is 14.7. The Labute approximate surface area is 119 Å². The SMILES string of the molecule is CCN(CC1CCNCC1)c1c([N+](=O)[O-])c(C)nn1C. The van der Waals surface area contributed by atoms with Gasteiger partial charge in [-0.2, -0.15) is 5.10 Å². The van der Waals surface area contributed by atoms with E-state index in [4.69, 9.17) is 0 Å². The van der Waals surface area contributed by atoms with Crippen molar-refractivity contribution in [1.82, 2.24) is 15.1 Å². The summed E-state index contributed by atoms with van der Waals surface area (Å²) in [5.74, 6) is 1.22. The molecular formula is C13H23N5O2. The first-order valence-electron chi connectivity index (χ1n) is 7.18. The maximum Gasteiger partial charge on any atom is 0.333 e. The Balaban J connectivity index is 2.24. The van der Waals surface area contributed by atoms with E-state index in [0.717, 1.165) is 39.0 Å². The molecule has 20 heavy (non-hydrogen) atoms. The zero-order valence-corrected chi connectivity index (χ0v) is 12.4. The van der Waals surface area contributed by atoms with Crippen molar-refractivity contribution in [1.29, 1.82) is 0 Å². The Morgan fingerprint density at radius 1 is 1.50 bits per heavy atom. The first-order chi connectivity index (χ1) is 9.54. The Bertz CT molecular complexity index is 479. The van der Waals surface area contributed by atoms with Gasteiger partial charge in [0.2, 0.25) is 5.82 Å². The third-order valence-electron chi connectivity index (χ3n) is 3.96. The van der Waals surface area contributed by atoms with Crippen molar-refractivity contribution in [3.63, 3.8) is 0 Å². The molecule has 7 nitrogen and oxygen atoms in total. The molecule has 2 heterocycles. The van der Waals surface area contributed by atoms with Gasteiger partial charge in [-0.3, -0.25) is 10.1 Å². The molecule has 2 rings (SSSR count). The van der Waals surface area contributed by atoms with E-state index < -0.39 is 0 Å². The van der Waals surface area contributed by atoms with Gasteiger partial charge in [-0.1, -0.05) is 0 Å². The lowest BCUT2D eigenvalue weighted by Gasteiger charge is -2.30. The fourth-order valence-electron chi connectivity index (χ4n) is 2.94.